The van der Waals surface area contributed by atoms with E-state index >= 15 is 0 Å². The summed E-state index contributed by atoms with van der Waals surface area (Å²) in [6.07, 6.45) is 0.353. The lowest BCUT2D eigenvalue weighted by Gasteiger charge is -2.22. The van der Waals surface area contributed by atoms with Crippen molar-refractivity contribution in [1.82, 2.24) is 9.80 Å². The molecule has 0 radical (unpaired) electrons. The standard InChI is InChI=1S/C14H18N2O2/c1-4-12(17)16-10(2)13(15(3)14(16)18)11-8-6-5-7-9-11/h5-10,13H,4H2,1-3H3/t10-,13-/m1/s1. The summed E-state index contributed by atoms with van der Waals surface area (Å²) in [6.45, 7) is 3.70. The van der Waals surface area contributed by atoms with Gasteiger partial charge >= 0.3 is 6.03 Å². The molecule has 0 N–H and O–H groups in total. The Labute approximate surface area is 107 Å². The number of urea groups is 1. The second-order valence-electron chi connectivity index (χ2n) is 4.61. The summed E-state index contributed by atoms with van der Waals surface area (Å²) in [5.41, 5.74) is 1.06. The Kier molecular flexibility index (Phi) is 3.36. The summed E-state index contributed by atoms with van der Waals surface area (Å²) >= 11 is 0. The summed E-state index contributed by atoms with van der Waals surface area (Å²) in [5, 5.41) is 0. The molecule has 2 rings (SSSR count). The highest BCUT2D eigenvalue weighted by Gasteiger charge is 2.44. The predicted molar refractivity (Wildman–Crippen MR) is 68.9 cm³/mol. The van der Waals surface area contributed by atoms with Crippen molar-refractivity contribution in [2.45, 2.75) is 32.4 Å². The number of benzene rings is 1. The van der Waals surface area contributed by atoms with Gasteiger partial charge in [0.1, 0.15) is 0 Å². The van der Waals surface area contributed by atoms with Crippen molar-refractivity contribution in [3.8, 4) is 0 Å². The number of amides is 3. The van der Waals surface area contributed by atoms with Crippen LogP contribution in [0.25, 0.3) is 0 Å². The van der Waals surface area contributed by atoms with Crippen LogP contribution in [-0.2, 0) is 4.79 Å². The van der Waals surface area contributed by atoms with Crippen LogP contribution in [0.1, 0.15) is 31.9 Å². The van der Waals surface area contributed by atoms with Gasteiger partial charge in [-0.3, -0.25) is 9.69 Å². The average Bonchev–Trinajstić information content (AvgIpc) is 2.61. The number of hydrogen-bond donors (Lipinski definition) is 0. The quantitative estimate of drug-likeness (QED) is 0.804. The molecule has 1 aliphatic rings. The maximum absolute atomic E-state index is 12.1. The van der Waals surface area contributed by atoms with Crippen molar-refractivity contribution < 1.29 is 9.59 Å². The molecule has 0 spiro atoms. The SMILES string of the molecule is CCC(=O)N1C(=O)N(C)[C@@H](c2ccccc2)[C@H]1C. The van der Waals surface area contributed by atoms with Gasteiger partial charge in [-0.15, -0.1) is 0 Å². The third kappa shape index (κ3) is 1.88. The first-order chi connectivity index (χ1) is 8.57. The van der Waals surface area contributed by atoms with Crippen LogP contribution in [0, 0.1) is 0 Å². The second-order valence-corrected chi connectivity index (χ2v) is 4.61. The third-order valence-electron chi connectivity index (χ3n) is 3.50. The summed E-state index contributed by atoms with van der Waals surface area (Å²) in [5.74, 6) is -0.113. The minimum atomic E-state index is -0.205. The van der Waals surface area contributed by atoms with Crippen molar-refractivity contribution in [2.75, 3.05) is 7.05 Å². The molecule has 4 nitrogen and oxygen atoms in total. The van der Waals surface area contributed by atoms with E-state index in [1.807, 2.05) is 37.3 Å². The molecule has 3 amide bonds. The summed E-state index contributed by atoms with van der Waals surface area (Å²) in [4.78, 5) is 27.0. The Hall–Kier alpha value is -1.84. The zero-order chi connectivity index (χ0) is 13.3. The van der Waals surface area contributed by atoms with E-state index in [1.54, 1.807) is 18.9 Å². The number of carbonyl (C=O) groups is 2. The largest absolute Gasteiger partial charge is 0.327 e. The summed E-state index contributed by atoms with van der Waals surface area (Å²) in [6, 6.07) is 9.43. The topological polar surface area (TPSA) is 40.6 Å². The number of likely N-dealkylation sites (N-methyl/N-ethyl adjacent to an activating group) is 1. The molecule has 0 aliphatic carbocycles. The molecule has 1 aromatic rings. The molecule has 0 saturated carbocycles. The number of hydrogen-bond acceptors (Lipinski definition) is 2. The van der Waals surface area contributed by atoms with Crippen molar-refractivity contribution in [3.05, 3.63) is 35.9 Å². The number of nitrogens with zero attached hydrogens (tertiary/aromatic N) is 2. The normalized spacial score (nSPS) is 23.6. The van der Waals surface area contributed by atoms with Gasteiger partial charge in [0.25, 0.3) is 0 Å². The smallest absolute Gasteiger partial charge is 0.318 e. The molecule has 2 atom stereocenters. The number of carbonyl (C=O) groups excluding carboxylic acids is 2. The van der Waals surface area contributed by atoms with Crippen molar-refractivity contribution in [1.29, 1.82) is 0 Å². The van der Waals surface area contributed by atoms with Gasteiger partial charge in [0.2, 0.25) is 5.91 Å². The Morgan fingerprint density at radius 3 is 2.44 bits per heavy atom. The maximum atomic E-state index is 12.1. The van der Waals surface area contributed by atoms with Crippen LogP contribution in [0.4, 0.5) is 4.79 Å². The molecular weight excluding hydrogens is 228 g/mol. The predicted octanol–water partition coefficient (Wildman–Crippen LogP) is 2.42. The van der Waals surface area contributed by atoms with E-state index in [-0.39, 0.29) is 24.0 Å². The molecule has 1 fully saturated rings. The van der Waals surface area contributed by atoms with Gasteiger partial charge in [0.05, 0.1) is 12.1 Å². The fourth-order valence-electron chi connectivity index (χ4n) is 2.58. The highest BCUT2D eigenvalue weighted by molar-refractivity contribution is 5.96. The third-order valence-corrected chi connectivity index (χ3v) is 3.50. The molecule has 0 aromatic heterocycles. The van der Waals surface area contributed by atoms with Crippen LogP contribution in [-0.4, -0.2) is 34.8 Å². The van der Waals surface area contributed by atoms with Crippen molar-refractivity contribution in [3.63, 3.8) is 0 Å². The maximum Gasteiger partial charge on any atom is 0.327 e. The van der Waals surface area contributed by atoms with Crippen LogP contribution in [0.2, 0.25) is 0 Å². The zero-order valence-corrected chi connectivity index (χ0v) is 11.0. The van der Waals surface area contributed by atoms with E-state index in [1.165, 1.54) is 4.90 Å². The first kappa shape index (κ1) is 12.6. The molecule has 1 saturated heterocycles. The Balaban J connectivity index is 2.34. The van der Waals surface area contributed by atoms with Gasteiger partial charge in [-0.1, -0.05) is 37.3 Å². The highest BCUT2D eigenvalue weighted by Crippen LogP contribution is 2.34. The monoisotopic (exact) mass is 246 g/mol. The van der Waals surface area contributed by atoms with E-state index in [9.17, 15) is 9.59 Å². The molecular formula is C14H18N2O2. The summed E-state index contributed by atoms with van der Waals surface area (Å²) in [7, 11) is 1.75. The zero-order valence-electron chi connectivity index (χ0n) is 11.0. The van der Waals surface area contributed by atoms with Crippen molar-refractivity contribution in [2.24, 2.45) is 0 Å². The van der Waals surface area contributed by atoms with Gasteiger partial charge in [-0.25, -0.2) is 4.79 Å². The van der Waals surface area contributed by atoms with Gasteiger partial charge < -0.3 is 4.90 Å². The molecule has 0 bridgehead atoms. The molecule has 96 valence electrons. The highest BCUT2D eigenvalue weighted by atomic mass is 16.2. The molecule has 4 heteroatoms. The lowest BCUT2D eigenvalue weighted by atomic mass is 10.0. The minimum Gasteiger partial charge on any atom is -0.318 e. The first-order valence-corrected chi connectivity index (χ1v) is 6.21. The molecule has 1 aromatic carbocycles. The Bertz CT molecular complexity index is 458. The Morgan fingerprint density at radius 2 is 1.89 bits per heavy atom. The van der Waals surface area contributed by atoms with Crippen LogP contribution in [0.3, 0.4) is 0 Å². The lowest BCUT2D eigenvalue weighted by molar-refractivity contribution is -0.128. The van der Waals surface area contributed by atoms with Crippen LogP contribution < -0.4 is 0 Å². The van der Waals surface area contributed by atoms with Gasteiger partial charge in [0, 0.05) is 13.5 Å². The lowest BCUT2D eigenvalue weighted by Crippen LogP contribution is -2.38. The molecule has 0 unspecified atom stereocenters. The first-order valence-electron chi connectivity index (χ1n) is 6.21. The second kappa shape index (κ2) is 4.80. The van der Waals surface area contributed by atoms with E-state index in [4.69, 9.17) is 0 Å². The minimum absolute atomic E-state index is 0.0609. The van der Waals surface area contributed by atoms with Gasteiger partial charge in [-0.2, -0.15) is 0 Å². The average molecular weight is 246 g/mol. The van der Waals surface area contributed by atoms with Crippen molar-refractivity contribution >= 4 is 11.9 Å². The Morgan fingerprint density at radius 1 is 1.28 bits per heavy atom. The number of rotatable bonds is 2. The fraction of sp³-hybridized carbons (Fsp3) is 0.429. The van der Waals surface area contributed by atoms with Gasteiger partial charge in [0.15, 0.2) is 0 Å². The van der Waals surface area contributed by atoms with Gasteiger partial charge in [-0.05, 0) is 12.5 Å². The molecule has 1 aliphatic heterocycles. The molecule has 1 heterocycles. The van der Waals surface area contributed by atoms with Crippen LogP contribution >= 0.6 is 0 Å². The van der Waals surface area contributed by atoms with E-state index in [0.717, 1.165) is 5.56 Å². The van der Waals surface area contributed by atoms with Crippen LogP contribution in [0.5, 0.6) is 0 Å². The van der Waals surface area contributed by atoms with Crippen LogP contribution in [0.15, 0.2) is 30.3 Å². The van der Waals surface area contributed by atoms with E-state index in [2.05, 4.69) is 0 Å². The molecule has 18 heavy (non-hydrogen) atoms. The fourth-order valence-corrected chi connectivity index (χ4v) is 2.58. The summed E-state index contributed by atoms with van der Waals surface area (Å²) < 4.78 is 0. The van der Waals surface area contributed by atoms with E-state index < -0.39 is 0 Å². The number of imide groups is 1. The van der Waals surface area contributed by atoms with E-state index in [0.29, 0.717) is 6.42 Å².